The van der Waals surface area contributed by atoms with Gasteiger partial charge < -0.3 is 4.90 Å². The fourth-order valence-electron chi connectivity index (χ4n) is 4.14. The molecule has 3 unspecified atom stereocenters. The van der Waals surface area contributed by atoms with Gasteiger partial charge in [0.2, 0.25) is 5.91 Å². The fraction of sp³-hybridized carbons (Fsp3) is 0.706. The minimum atomic E-state index is -0.199. The third-order valence-electron chi connectivity index (χ3n) is 5.46. The first-order chi connectivity index (χ1) is 10.2. The van der Waals surface area contributed by atoms with E-state index in [0.29, 0.717) is 11.8 Å². The Morgan fingerprint density at radius 1 is 1.43 bits per heavy atom. The third kappa shape index (κ3) is 2.42. The lowest BCUT2D eigenvalue weighted by Gasteiger charge is -2.32. The van der Waals surface area contributed by atoms with Crippen LogP contribution in [0, 0.1) is 11.8 Å². The molecule has 1 amide bonds. The molecule has 2 saturated carbocycles. The van der Waals surface area contributed by atoms with Crippen LogP contribution in [-0.2, 0) is 4.79 Å². The maximum Gasteiger partial charge on any atom is 0.244 e. The van der Waals surface area contributed by atoms with Crippen molar-refractivity contribution < 1.29 is 4.79 Å². The van der Waals surface area contributed by atoms with Crippen LogP contribution in [0.5, 0.6) is 0 Å². The highest BCUT2D eigenvalue weighted by molar-refractivity contribution is 7.10. The summed E-state index contributed by atoms with van der Waals surface area (Å²) in [6.45, 7) is 3.30. The lowest BCUT2D eigenvalue weighted by Crippen LogP contribution is -2.37. The van der Waals surface area contributed by atoms with Crippen LogP contribution < -0.4 is 5.32 Å². The number of hydrogen-bond acceptors (Lipinski definition) is 3. The Balaban J connectivity index is 1.54. The maximum atomic E-state index is 12.8. The van der Waals surface area contributed by atoms with Crippen molar-refractivity contribution in [1.29, 1.82) is 0 Å². The van der Waals surface area contributed by atoms with E-state index in [9.17, 15) is 4.79 Å². The second kappa shape index (κ2) is 5.10. The molecule has 3 atom stereocenters. The zero-order valence-electron chi connectivity index (χ0n) is 12.7. The highest BCUT2D eigenvalue weighted by Gasteiger charge is 2.59. The largest absolute Gasteiger partial charge is 0.320 e. The van der Waals surface area contributed by atoms with Crippen molar-refractivity contribution in [2.75, 3.05) is 6.54 Å². The predicted octanol–water partition coefficient (Wildman–Crippen LogP) is 3.54. The smallest absolute Gasteiger partial charge is 0.244 e. The molecule has 1 aromatic heterocycles. The number of carbonyl (C=O) groups is 1. The van der Waals surface area contributed by atoms with Crippen LogP contribution in [0.3, 0.4) is 0 Å². The predicted molar refractivity (Wildman–Crippen MR) is 85.0 cm³/mol. The molecule has 114 valence electrons. The monoisotopic (exact) mass is 304 g/mol. The van der Waals surface area contributed by atoms with Crippen molar-refractivity contribution in [2.45, 2.75) is 57.2 Å². The molecular formula is C17H24N2OS. The molecule has 3 aliphatic rings. The van der Waals surface area contributed by atoms with Crippen LogP contribution in [0.15, 0.2) is 17.5 Å². The number of nitrogens with zero attached hydrogens (tertiary/aromatic N) is 1. The first-order valence-corrected chi connectivity index (χ1v) is 9.18. The summed E-state index contributed by atoms with van der Waals surface area (Å²) in [5, 5.41) is 5.74. The zero-order valence-corrected chi connectivity index (χ0v) is 13.5. The maximum absolute atomic E-state index is 12.8. The molecule has 1 aliphatic heterocycles. The molecule has 4 rings (SSSR count). The van der Waals surface area contributed by atoms with E-state index in [1.165, 1.54) is 30.6 Å². The molecule has 0 radical (unpaired) electrons. The van der Waals surface area contributed by atoms with Crippen LogP contribution in [0.25, 0.3) is 0 Å². The highest BCUT2D eigenvalue weighted by atomic mass is 32.1. The van der Waals surface area contributed by atoms with Gasteiger partial charge in [0.05, 0.1) is 0 Å². The Labute approximate surface area is 130 Å². The van der Waals surface area contributed by atoms with Crippen molar-refractivity contribution in [1.82, 2.24) is 10.2 Å². The Kier molecular flexibility index (Phi) is 3.34. The van der Waals surface area contributed by atoms with Gasteiger partial charge in [-0.3, -0.25) is 10.1 Å². The van der Waals surface area contributed by atoms with E-state index >= 15 is 0 Å². The van der Waals surface area contributed by atoms with Crippen LogP contribution >= 0.6 is 11.3 Å². The lowest BCUT2D eigenvalue weighted by atomic mass is 9.82. The second-order valence-electron chi connectivity index (χ2n) is 7.24. The van der Waals surface area contributed by atoms with Gasteiger partial charge in [-0.25, -0.2) is 0 Å². The van der Waals surface area contributed by atoms with Gasteiger partial charge in [0.15, 0.2) is 0 Å². The first kappa shape index (κ1) is 13.8. The summed E-state index contributed by atoms with van der Waals surface area (Å²) in [5.41, 5.74) is -0.199. The van der Waals surface area contributed by atoms with Gasteiger partial charge in [0.25, 0.3) is 0 Å². The summed E-state index contributed by atoms with van der Waals surface area (Å²) >= 11 is 1.76. The zero-order chi connectivity index (χ0) is 14.4. The van der Waals surface area contributed by atoms with Crippen molar-refractivity contribution >= 4 is 17.2 Å². The van der Waals surface area contributed by atoms with Crippen molar-refractivity contribution in [3.63, 3.8) is 0 Å². The Morgan fingerprint density at radius 2 is 2.29 bits per heavy atom. The van der Waals surface area contributed by atoms with Crippen molar-refractivity contribution in [2.24, 2.45) is 11.8 Å². The van der Waals surface area contributed by atoms with Gasteiger partial charge in [-0.1, -0.05) is 25.8 Å². The number of carbonyl (C=O) groups excluding carboxylic acids is 1. The molecule has 1 saturated heterocycles. The fourth-order valence-corrected chi connectivity index (χ4v) is 4.93. The Bertz CT molecular complexity index is 523. The van der Waals surface area contributed by atoms with E-state index in [1.54, 1.807) is 11.3 Å². The van der Waals surface area contributed by atoms with Gasteiger partial charge in [-0.2, -0.15) is 0 Å². The van der Waals surface area contributed by atoms with E-state index in [-0.39, 0.29) is 11.7 Å². The number of rotatable bonds is 3. The third-order valence-corrected chi connectivity index (χ3v) is 6.38. The number of hydrogen-bond donors (Lipinski definition) is 1. The molecule has 0 aromatic carbocycles. The summed E-state index contributed by atoms with van der Waals surface area (Å²) in [4.78, 5) is 16.3. The number of nitrogens with one attached hydrogen (secondary N) is 1. The summed E-state index contributed by atoms with van der Waals surface area (Å²) in [6.07, 6.45) is 7.43. The first-order valence-electron chi connectivity index (χ1n) is 8.30. The average Bonchev–Trinajstić information content (AvgIpc) is 2.95. The van der Waals surface area contributed by atoms with Gasteiger partial charge in [-0.15, -0.1) is 11.3 Å². The number of amides is 1. The molecule has 4 heteroatoms. The average molecular weight is 304 g/mol. The molecule has 1 N–H and O–H groups in total. The van der Waals surface area contributed by atoms with Crippen LogP contribution in [0.1, 0.15) is 56.5 Å². The van der Waals surface area contributed by atoms with Crippen LogP contribution in [-0.4, -0.2) is 22.9 Å². The second-order valence-corrected chi connectivity index (χ2v) is 8.22. The molecule has 0 bridgehead atoms. The molecule has 3 nitrogen and oxygen atoms in total. The quantitative estimate of drug-likeness (QED) is 0.926. The molecule has 2 heterocycles. The Morgan fingerprint density at radius 3 is 2.95 bits per heavy atom. The lowest BCUT2D eigenvalue weighted by molar-refractivity contribution is -0.131. The molecular weight excluding hydrogens is 280 g/mol. The van der Waals surface area contributed by atoms with Gasteiger partial charge in [0.1, 0.15) is 11.7 Å². The summed E-state index contributed by atoms with van der Waals surface area (Å²) in [5.74, 6) is 1.87. The summed E-state index contributed by atoms with van der Waals surface area (Å²) in [7, 11) is 0. The SMILES string of the molecule is CC1CCCC(CN2C(=O)C3(CC3)NC2c2cccs2)C1. The van der Waals surface area contributed by atoms with Crippen LogP contribution in [0.4, 0.5) is 0 Å². The van der Waals surface area contributed by atoms with Crippen molar-refractivity contribution in [3.8, 4) is 0 Å². The van der Waals surface area contributed by atoms with E-state index in [0.717, 1.165) is 25.3 Å². The van der Waals surface area contributed by atoms with Crippen LogP contribution in [0.2, 0.25) is 0 Å². The molecule has 21 heavy (non-hydrogen) atoms. The molecule has 1 spiro atoms. The topological polar surface area (TPSA) is 32.3 Å². The minimum absolute atomic E-state index is 0.122. The van der Waals surface area contributed by atoms with E-state index < -0.39 is 0 Å². The van der Waals surface area contributed by atoms with E-state index in [1.807, 2.05) is 0 Å². The molecule has 2 aliphatic carbocycles. The minimum Gasteiger partial charge on any atom is -0.320 e. The molecule has 3 fully saturated rings. The molecule has 1 aromatic rings. The van der Waals surface area contributed by atoms with Gasteiger partial charge >= 0.3 is 0 Å². The van der Waals surface area contributed by atoms with E-state index in [2.05, 4.69) is 34.7 Å². The normalized spacial score (nSPS) is 34.6. The number of thiophene rings is 1. The Hall–Kier alpha value is -0.870. The summed E-state index contributed by atoms with van der Waals surface area (Å²) in [6, 6.07) is 4.25. The van der Waals surface area contributed by atoms with Gasteiger partial charge in [-0.05, 0) is 49.0 Å². The standard InChI is InChI=1S/C17H24N2OS/c1-12-4-2-5-13(10-12)11-19-15(14-6-3-9-21-14)18-17(7-8-17)16(19)20/h3,6,9,12-13,15,18H,2,4-5,7-8,10-11H2,1H3. The van der Waals surface area contributed by atoms with E-state index in [4.69, 9.17) is 0 Å². The highest BCUT2D eigenvalue weighted by Crippen LogP contribution is 2.47. The van der Waals surface area contributed by atoms with Crippen molar-refractivity contribution in [3.05, 3.63) is 22.4 Å². The summed E-state index contributed by atoms with van der Waals surface area (Å²) < 4.78 is 0. The van der Waals surface area contributed by atoms with Gasteiger partial charge in [0, 0.05) is 11.4 Å².